The van der Waals surface area contributed by atoms with Gasteiger partial charge in [0.05, 0.1) is 12.6 Å². The predicted molar refractivity (Wildman–Crippen MR) is 85.9 cm³/mol. The Bertz CT molecular complexity index is 895. The van der Waals surface area contributed by atoms with Crippen molar-refractivity contribution < 1.29 is 13.9 Å². The molecule has 0 unspecified atom stereocenters. The van der Waals surface area contributed by atoms with Crippen LogP contribution in [0.15, 0.2) is 51.7 Å². The summed E-state index contributed by atoms with van der Waals surface area (Å²) >= 11 is 0. The molecule has 23 heavy (non-hydrogen) atoms. The van der Waals surface area contributed by atoms with E-state index in [-0.39, 0.29) is 5.91 Å². The van der Waals surface area contributed by atoms with Gasteiger partial charge in [0.15, 0.2) is 5.58 Å². The van der Waals surface area contributed by atoms with E-state index in [1.807, 2.05) is 12.1 Å². The molecule has 3 rings (SSSR count). The lowest BCUT2D eigenvalue weighted by molar-refractivity contribution is 0.0954. The second-order valence-electron chi connectivity index (χ2n) is 5.08. The Kier molecular flexibility index (Phi) is 4.14. The second kappa shape index (κ2) is 6.39. The SMILES string of the molecule is COc1cccc(C(=O)NCCc2ccc3oc(=O)[nH]c3c2)c1. The molecule has 6 nitrogen and oxygen atoms in total. The number of nitrogens with one attached hydrogen (secondary N) is 2. The molecule has 118 valence electrons. The minimum Gasteiger partial charge on any atom is -0.497 e. The number of fused-ring (bicyclic) bond motifs is 1. The zero-order valence-corrected chi connectivity index (χ0v) is 12.6. The van der Waals surface area contributed by atoms with Gasteiger partial charge in [-0.05, 0) is 42.3 Å². The van der Waals surface area contributed by atoms with Crippen LogP contribution in [-0.2, 0) is 6.42 Å². The van der Waals surface area contributed by atoms with E-state index >= 15 is 0 Å². The summed E-state index contributed by atoms with van der Waals surface area (Å²) in [5.41, 5.74) is 2.74. The molecule has 3 aromatic rings. The van der Waals surface area contributed by atoms with Crippen LogP contribution in [-0.4, -0.2) is 24.5 Å². The topological polar surface area (TPSA) is 84.3 Å². The maximum absolute atomic E-state index is 12.1. The molecule has 6 heteroatoms. The third-order valence-electron chi connectivity index (χ3n) is 3.51. The molecule has 0 aliphatic carbocycles. The molecule has 2 N–H and O–H groups in total. The van der Waals surface area contributed by atoms with Crippen LogP contribution in [0.4, 0.5) is 0 Å². The summed E-state index contributed by atoms with van der Waals surface area (Å²) in [5, 5.41) is 2.86. The van der Waals surface area contributed by atoms with Gasteiger partial charge in [-0.15, -0.1) is 0 Å². The number of aromatic amines is 1. The number of H-pyrrole nitrogens is 1. The van der Waals surface area contributed by atoms with Crippen molar-refractivity contribution in [3.63, 3.8) is 0 Å². The number of ether oxygens (including phenoxy) is 1. The van der Waals surface area contributed by atoms with E-state index in [0.29, 0.717) is 35.4 Å². The molecular formula is C17H16N2O4. The fourth-order valence-corrected chi connectivity index (χ4v) is 2.34. The number of hydrogen-bond donors (Lipinski definition) is 2. The molecule has 1 aromatic heterocycles. The number of benzene rings is 2. The zero-order valence-electron chi connectivity index (χ0n) is 12.6. The molecular weight excluding hydrogens is 296 g/mol. The molecule has 0 saturated carbocycles. The molecule has 0 bridgehead atoms. The van der Waals surface area contributed by atoms with Crippen LogP contribution in [0.2, 0.25) is 0 Å². The van der Waals surface area contributed by atoms with Crippen LogP contribution >= 0.6 is 0 Å². The number of methoxy groups -OCH3 is 1. The van der Waals surface area contributed by atoms with Gasteiger partial charge < -0.3 is 14.5 Å². The fraction of sp³-hybridized carbons (Fsp3) is 0.176. The molecule has 0 radical (unpaired) electrons. The number of aromatic nitrogens is 1. The molecule has 0 fully saturated rings. The van der Waals surface area contributed by atoms with Crippen LogP contribution in [0.5, 0.6) is 5.75 Å². The van der Waals surface area contributed by atoms with Crippen LogP contribution in [0.3, 0.4) is 0 Å². The quantitative estimate of drug-likeness (QED) is 0.755. The second-order valence-corrected chi connectivity index (χ2v) is 5.08. The Labute approximate surface area is 132 Å². The van der Waals surface area contributed by atoms with Crippen molar-refractivity contribution in [3.8, 4) is 5.75 Å². The first-order valence-electron chi connectivity index (χ1n) is 7.20. The lowest BCUT2D eigenvalue weighted by Crippen LogP contribution is -2.25. The highest BCUT2D eigenvalue weighted by Gasteiger charge is 2.07. The first-order chi connectivity index (χ1) is 11.2. The van der Waals surface area contributed by atoms with Crippen molar-refractivity contribution >= 4 is 17.0 Å². The summed E-state index contributed by atoms with van der Waals surface area (Å²) in [6.07, 6.45) is 0.652. The van der Waals surface area contributed by atoms with Crippen LogP contribution < -0.4 is 15.8 Å². The number of oxazole rings is 1. The van der Waals surface area contributed by atoms with Gasteiger partial charge in [0, 0.05) is 12.1 Å². The molecule has 1 heterocycles. The highest BCUT2D eigenvalue weighted by Crippen LogP contribution is 2.13. The maximum atomic E-state index is 12.1. The molecule has 0 spiro atoms. The summed E-state index contributed by atoms with van der Waals surface area (Å²) in [4.78, 5) is 25.8. The van der Waals surface area contributed by atoms with Gasteiger partial charge in [-0.3, -0.25) is 9.78 Å². The molecule has 0 aliphatic heterocycles. The fourth-order valence-electron chi connectivity index (χ4n) is 2.34. The lowest BCUT2D eigenvalue weighted by atomic mass is 10.1. The average molecular weight is 312 g/mol. The third-order valence-corrected chi connectivity index (χ3v) is 3.51. The Balaban J connectivity index is 1.61. The van der Waals surface area contributed by atoms with Gasteiger partial charge in [-0.2, -0.15) is 0 Å². The van der Waals surface area contributed by atoms with Crippen LogP contribution in [0.25, 0.3) is 11.1 Å². The summed E-state index contributed by atoms with van der Waals surface area (Å²) in [5.74, 6) is 0.0252. The van der Waals surface area contributed by atoms with E-state index in [9.17, 15) is 9.59 Å². The van der Waals surface area contributed by atoms with Gasteiger partial charge in [-0.1, -0.05) is 12.1 Å². The Morgan fingerprint density at radius 2 is 2.13 bits per heavy atom. The van der Waals surface area contributed by atoms with E-state index in [4.69, 9.17) is 9.15 Å². The van der Waals surface area contributed by atoms with E-state index in [2.05, 4.69) is 10.3 Å². The molecule has 0 aliphatic rings. The van der Waals surface area contributed by atoms with Gasteiger partial charge in [-0.25, -0.2) is 4.79 Å². The monoisotopic (exact) mass is 312 g/mol. The Morgan fingerprint density at radius 3 is 2.96 bits per heavy atom. The van der Waals surface area contributed by atoms with Gasteiger partial charge in [0.25, 0.3) is 5.91 Å². The van der Waals surface area contributed by atoms with E-state index in [1.54, 1.807) is 37.4 Å². The zero-order chi connectivity index (χ0) is 16.2. The third kappa shape index (κ3) is 3.42. The van der Waals surface area contributed by atoms with E-state index in [1.165, 1.54) is 0 Å². The summed E-state index contributed by atoms with van der Waals surface area (Å²) < 4.78 is 10.1. The summed E-state index contributed by atoms with van der Waals surface area (Å²) in [7, 11) is 1.56. The first kappa shape index (κ1) is 14.9. The summed E-state index contributed by atoms with van der Waals surface area (Å²) in [6, 6.07) is 12.5. The largest absolute Gasteiger partial charge is 0.497 e. The number of rotatable bonds is 5. The van der Waals surface area contributed by atoms with Gasteiger partial charge >= 0.3 is 5.76 Å². The average Bonchev–Trinajstić information content (AvgIpc) is 2.94. The molecule has 0 atom stereocenters. The molecule has 0 saturated heterocycles. The van der Waals surface area contributed by atoms with E-state index in [0.717, 1.165) is 5.56 Å². The van der Waals surface area contributed by atoms with E-state index < -0.39 is 5.76 Å². The lowest BCUT2D eigenvalue weighted by Gasteiger charge is -2.07. The molecule has 1 amide bonds. The highest BCUT2D eigenvalue weighted by atomic mass is 16.5. The van der Waals surface area contributed by atoms with Crippen molar-refractivity contribution in [2.75, 3.05) is 13.7 Å². The van der Waals surface area contributed by atoms with Crippen LogP contribution in [0, 0.1) is 0 Å². The van der Waals surface area contributed by atoms with Crippen LogP contribution in [0.1, 0.15) is 15.9 Å². The van der Waals surface area contributed by atoms with Crippen molar-refractivity contribution in [2.45, 2.75) is 6.42 Å². The number of hydrogen-bond acceptors (Lipinski definition) is 4. The smallest absolute Gasteiger partial charge is 0.417 e. The molecule has 2 aromatic carbocycles. The number of amides is 1. The standard InChI is InChI=1S/C17H16N2O4/c1-22-13-4-2-3-12(10-13)16(20)18-8-7-11-5-6-15-14(9-11)19-17(21)23-15/h2-6,9-10H,7-8H2,1H3,(H,18,20)(H,19,21). The minimum atomic E-state index is -0.469. The van der Waals surface area contributed by atoms with Crippen molar-refractivity contribution in [3.05, 3.63) is 64.1 Å². The highest BCUT2D eigenvalue weighted by molar-refractivity contribution is 5.94. The Morgan fingerprint density at radius 1 is 1.26 bits per heavy atom. The Hall–Kier alpha value is -3.02. The predicted octanol–water partition coefficient (Wildman–Crippen LogP) is 2.10. The maximum Gasteiger partial charge on any atom is 0.417 e. The van der Waals surface area contributed by atoms with Crippen molar-refractivity contribution in [2.24, 2.45) is 0 Å². The summed E-state index contributed by atoms with van der Waals surface area (Å²) in [6.45, 7) is 0.490. The van der Waals surface area contributed by atoms with Crippen molar-refractivity contribution in [1.82, 2.24) is 10.3 Å². The van der Waals surface area contributed by atoms with Gasteiger partial charge in [0.1, 0.15) is 5.75 Å². The number of carbonyl (C=O) groups is 1. The normalized spacial score (nSPS) is 10.7. The van der Waals surface area contributed by atoms with Gasteiger partial charge in [0.2, 0.25) is 0 Å². The number of carbonyl (C=O) groups excluding carboxylic acids is 1. The minimum absolute atomic E-state index is 0.151. The van der Waals surface area contributed by atoms with Crippen molar-refractivity contribution in [1.29, 1.82) is 0 Å². The first-order valence-corrected chi connectivity index (χ1v) is 7.20.